The number of benzene rings is 1. The summed E-state index contributed by atoms with van der Waals surface area (Å²) in [6, 6.07) is 6.83. The number of likely N-dealkylation sites (tertiary alicyclic amines) is 1. The molecule has 2 rings (SSSR count). The van der Waals surface area contributed by atoms with Gasteiger partial charge >= 0.3 is 6.09 Å². The Balaban J connectivity index is 2.10. The number of carbonyl (C=O) groups excluding carboxylic acids is 1. The molecule has 1 aromatic rings. The topological polar surface area (TPSA) is 75.7 Å². The van der Waals surface area contributed by atoms with E-state index in [1.807, 2.05) is 6.92 Å². The number of halogens is 1. The molecule has 1 atom stereocenters. The summed E-state index contributed by atoms with van der Waals surface area (Å²) in [5, 5.41) is -0.870. The molecule has 1 saturated heterocycles. The summed E-state index contributed by atoms with van der Waals surface area (Å²) in [5.41, 5.74) is 0. The second-order valence-electron chi connectivity index (χ2n) is 5.41. The van der Waals surface area contributed by atoms with E-state index in [0.717, 1.165) is 17.3 Å². The van der Waals surface area contributed by atoms with Crippen molar-refractivity contribution in [3.05, 3.63) is 28.7 Å². The molecule has 0 aliphatic carbocycles. The number of piperidine rings is 1. The molecule has 6 nitrogen and oxygen atoms in total. The maximum atomic E-state index is 12.4. The number of hydrogen-bond donors (Lipinski definition) is 1. The highest BCUT2D eigenvalue weighted by atomic mass is 79.9. The molecule has 0 bridgehead atoms. The predicted octanol–water partition coefficient (Wildman–Crippen LogP) is 3.09. The number of sulfonamides is 1. The monoisotopic (exact) mass is 404 g/mol. The van der Waals surface area contributed by atoms with Gasteiger partial charge in [0, 0.05) is 17.6 Å². The van der Waals surface area contributed by atoms with Gasteiger partial charge in [0.25, 0.3) is 0 Å². The van der Waals surface area contributed by atoms with Gasteiger partial charge in [0.05, 0.1) is 0 Å². The van der Waals surface area contributed by atoms with Crippen molar-refractivity contribution in [2.24, 2.45) is 0 Å². The van der Waals surface area contributed by atoms with Crippen LogP contribution >= 0.6 is 15.9 Å². The first-order chi connectivity index (χ1) is 10.9. The molecule has 0 spiro atoms. The van der Waals surface area contributed by atoms with Crippen LogP contribution in [-0.4, -0.2) is 37.9 Å². The summed E-state index contributed by atoms with van der Waals surface area (Å²) in [4.78, 5) is 13.7. The van der Waals surface area contributed by atoms with Crippen LogP contribution in [-0.2, 0) is 10.0 Å². The largest absolute Gasteiger partial charge is 0.416 e. The van der Waals surface area contributed by atoms with Crippen LogP contribution in [0.5, 0.6) is 5.75 Å². The summed E-state index contributed by atoms with van der Waals surface area (Å²) in [6.45, 7) is 2.64. The zero-order valence-electron chi connectivity index (χ0n) is 13.0. The van der Waals surface area contributed by atoms with E-state index < -0.39 is 21.5 Å². The molecule has 0 saturated carbocycles. The Morgan fingerprint density at radius 3 is 2.70 bits per heavy atom. The Labute approximate surface area is 145 Å². The number of ether oxygens (including phenoxy) is 1. The number of rotatable bonds is 5. The highest BCUT2D eigenvalue weighted by Gasteiger charge is 2.37. The number of hydrogen-bond acceptors (Lipinski definition) is 4. The van der Waals surface area contributed by atoms with Gasteiger partial charge in [-0.2, -0.15) is 0 Å². The lowest BCUT2D eigenvalue weighted by Gasteiger charge is -2.34. The maximum absolute atomic E-state index is 12.4. The molecule has 1 unspecified atom stereocenters. The van der Waals surface area contributed by atoms with Crippen molar-refractivity contribution in [3.63, 3.8) is 0 Å². The van der Waals surface area contributed by atoms with E-state index in [0.29, 0.717) is 31.7 Å². The highest BCUT2D eigenvalue weighted by molar-refractivity contribution is 9.10. The second kappa shape index (κ2) is 8.12. The highest BCUT2D eigenvalue weighted by Crippen LogP contribution is 2.23. The molecule has 8 heteroatoms. The van der Waals surface area contributed by atoms with Gasteiger partial charge in [0.2, 0.25) is 10.0 Å². The van der Waals surface area contributed by atoms with Crippen LogP contribution in [0.4, 0.5) is 4.79 Å². The minimum absolute atomic E-state index is 0.369. The first-order valence-corrected chi connectivity index (χ1v) is 10.0. The molecule has 1 aliphatic heterocycles. The molecule has 128 valence electrons. The quantitative estimate of drug-likeness (QED) is 0.817. The third kappa shape index (κ3) is 4.92. The van der Waals surface area contributed by atoms with Gasteiger partial charge < -0.3 is 4.74 Å². The van der Waals surface area contributed by atoms with E-state index in [1.54, 1.807) is 24.3 Å². The van der Waals surface area contributed by atoms with Crippen LogP contribution in [0.25, 0.3) is 0 Å². The van der Waals surface area contributed by atoms with Crippen molar-refractivity contribution in [1.82, 2.24) is 9.62 Å². The fraction of sp³-hybridized carbons (Fsp3) is 0.533. The van der Waals surface area contributed by atoms with Gasteiger partial charge in [-0.15, -0.1) is 0 Å². The molecular formula is C15H21BrN2O4S. The van der Waals surface area contributed by atoms with Crippen molar-refractivity contribution < 1.29 is 17.9 Å². The smallest absolute Gasteiger partial charge is 0.410 e. The average molecular weight is 405 g/mol. The molecule has 0 radical (unpaired) electrons. The fourth-order valence-corrected chi connectivity index (χ4v) is 4.38. The third-order valence-corrected chi connectivity index (χ3v) is 5.95. The number of carbonyl (C=O) groups is 1. The summed E-state index contributed by atoms with van der Waals surface area (Å²) in [7, 11) is -3.57. The minimum atomic E-state index is -3.57. The van der Waals surface area contributed by atoms with Crippen LogP contribution in [0.1, 0.15) is 32.6 Å². The van der Waals surface area contributed by atoms with E-state index >= 15 is 0 Å². The molecule has 23 heavy (non-hydrogen) atoms. The molecule has 1 aromatic carbocycles. The Hall–Kier alpha value is -1.12. The normalized spacial score (nSPS) is 18.7. The summed E-state index contributed by atoms with van der Waals surface area (Å²) >= 11 is 3.31. The number of amides is 1. The predicted molar refractivity (Wildman–Crippen MR) is 91.7 cm³/mol. The third-order valence-electron chi connectivity index (χ3n) is 3.61. The van der Waals surface area contributed by atoms with Crippen molar-refractivity contribution in [2.45, 2.75) is 38.0 Å². The van der Waals surface area contributed by atoms with E-state index in [-0.39, 0.29) is 0 Å². The van der Waals surface area contributed by atoms with Gasteiger partial charge in [-0.25, -0.2) is 17.9 Å². The molecule has 1 amide bonds. The molecule has 1 heterocycles. The fourth-order valence-electron chi connectivity index (χ4n) is 2.44. The van der Waals surface area contributed by atoms with Crippen molar-refractivity contribution in [2.75, 3.05) is 13.1 Å². The second-order valence-corrected chi connectivity index (χ2v) is 8.24. The van der Waals surface area contributed by atoms with Crippen LogP contribution in [0.3, 0.4) is 0 Å². The maximum Gasteiger partial charge on any atom is 0.416 e. The summed E-state index contributed by atoms with van der Waals surface area (Å²) in [6.07, 6.45) is 2.05. The summed E-state index contributed by atoms with van der Waals surface area (Å²) < 4.78 is 33.5. The lowest BCUT2D eigenvalue weighted by atomic mass is 10.1. The van der Waals surface area contributed by atoms with Gasteiger partial charge in [0.1, 0.15) is 5.75 Å². The van der Waals surface area contributed by atoms with E-state index in [1.165, 1.54) is 4.90 Å². The average Bonchev–Trinajstić information content (AvgIpc) is 2.55. The SMILES string of the molecule is CCCNS(=O)(=O)C1CCCCN1C(=O)Oc1ccc(Br)cc1. The van der Waals surface area contributed by atoms with Crippen LogP contribution in [0.2, 0.25) is 0 Å². The van der Waals surface area contributed by atoms with Crippen LogP contribution in [0.15, 0.2) is 28.7 Å². The Bertz CT molecular complexity index is 633. The van der Waals surface area contributed by atoms with E-state index in [9.17, 15) is 13.2 Å². The molecule has 1 fully saturated rings. The molecule has 0 aromatic heterocycles. The lowest BCUT2D eigenvalue weighted by molar-refractivity contribution is 0.132. The standard InChI is InChI=1S/C15H21BrN2O4S/c1-2-10-17-23(20,21)14-5-3-4-11-18(14)15(19)22-13-8-6-12(16)7-9-13/h6-9,14,17H,2-5,10-11H2,1H3. The van der Waals surface area contributed by atoms with Crippen LogP contribution < -0.4 is 9.46 Å². The Morgan fingerprint density at radius 2 is 2.04 bits per heavy atom. The van der Waals surface area contributed by atoms with Gasteiger partial charge in [-0.05, 0) is 49.9 Å². The van der Waals surface area contributed by atoms with E-state index in [4.69, 9.17) is 4.74 Å². The lowest BCUT2D eigenvalue weighted by Crippen LogP contribution is -2.52. The zero-order valence-corrected chi connectivity index (χ0v) is 15.4. The Kier molecular flexibility index (Phi) is 6.43. The van der Waals surface area contributed by atoms with Crippen molar-refractivity contribution in [3.8, 4) is 5.75 Å². The molecule has 1 N–H and O–H groups in total. The number of nitrogens with one attached hydrogen (secondary N) is 1. The summed E-state index contributed by atoms with van der Waals surface area (Å²) in [5.74, 6) is 0.390. The van der Waals surface area contributed by atoms with Gasteiger partial charge in [0.15, 0.2) is 5.37 Å². The van der Waals surface area contributed by atoms with Crippen molar-refractivity contribution in [1.29, 1.82) is 0 Å². The van der Waals surface area contributed by atoms with Gasteiger partial charge in [-0.3, -0.25) is 4.90 Å². The number of nitrogens with zero attached hydrogens (tertiary/aromatic N) is 1. The van der Waals surface area contributed by atoms with E-state index in [2.05, 4.69) is 20.7 Å². The minimum Gasteiger partial charge on any atom is -0.410 e. The first-order valence-electron chi connectivity index (χ1n) is 7.66. The van der Waals surface area contributed by atoms with Crippen molar-refractivity contribution >= 4 is 32.0 Å². The zero-order chi connectivity index (χ0) is 16.9. The first kappa shape index (κ1) is 18.2. The molecule has 1 aliphatic rings. The van der Waals surface area contributed by atoms with Crippen LogP contribution in [0, 0.1) is 0 Å². The Morgan fingerprint density at radius 1 is 1.35 bits per heavy atom. The molecular weight excluding hydrogens is 384 g/mol. The van der Waals surface area contributed by atoms with Gasteiger partial charge in [-0.1, -0.05) is 22.9 Å².